The van der Waals surface area contributed by atoms with Gasteiger partial charge in [0.1, 0.15) is 5.82 Å². The van der Waals surface area contributed by atoms with Crippen molar-refractivity contribution in [3.8, 4) is 0 Å². The maximum absolute atomic E-state index is 4.36. The molecule has 1 aliphatic heterocycles. The van der Waals surface area contributed by atoms with Crippen LogP contribution in [0.2, 0.25) is 0 Å². The molecular weight excluding hydrogens is 202 g/mol. The molecule has 0 spiro atoms. The summed E-state index contributed by atoms with van der Waals surface area (Å²) in [7, 11) is 2.00. The molecule has 1 aromatic heterocycles. The van der Waals surface area contributed by atoms with Crippen LogP contribution in [0.15, 0.2) is 12.3 Å². The van der Waals surface area contributed by atoms with Gasteiger partial charge in [0, 0.05) is 31.7 Å². The van der Waals surface area contributed by atoms with E-state index < -0.39 is 0 Å². The quantitative estimate of drug-likeness (QED) is 0.655. The summed E-state index contributed by atoms with van der Waals surface area (Å²) in [5.41, 5.74) is 0. The number of anilines is 1. The van der Waals surface area contributed by atoms with Crippen LogP contribution in [-0.4, -0.2) is 42.5 Å². The Morgan fingerprint density at radius 3 is 3.00 bits per heavy atom. The van der Waals surface area contributed by atoms with Crippen LogP contribution in [0.5, 0.6) is 0 Å². The van der Waals surface area contributed by atoms with Crippen LogP contribution in [0.1, 0.15) is 19.4 Å². The van der Waals surface area contributed by atoms with E-state index in [2.05, 4.69) is 32.7 Å². The second-order valence-electron chi connectivity index (χ2n) is 4.25. The molecule has 0 bridgehead atoms. The van der Waals surface area contributed by atoms with Crippen molar-refractivity contribution < 1.29 is 0 Å². The topological polar surface area (TPSA) is 53.9 Å². The Hall–Kier alpha value is -1.07. The second kappa shape index (κ2) is 5.32. The number of rotatable bonds is 6. The summed E-state index contributed by atoms with van der Waals surface area (Å²) in [6.07, 6.45) is 2.99. The van der Waals surface area contributed by atoms with Gasteiger partial charge in [0.2, 0.25) is 0 Å². The minimum Gasteiger partial charge on any atom is -0.369 e. The van der Waals surface area contributed by atoms with E-state index in [0.717, 1.165) is 31.9 Å². The minimum absolute atomic E-state index is 0.517. The molecule has 5 heteroatoms. The maximum Gasteiger partial charge on any atom is 0.124 e. The first-order valence-electron chi connectivity index (χ1n) is 6.00. The molecule has 1 atom stereocenters. The van der Waals surface area contributed by atoms with E-state index in [1.807, 2.05) is 19.3 Å². The molecule has 0 amide bonds. The summed E-state index contributed by atoms with van der Waals surface area (Å²) < 4.78 is 2.08. The number of hydrogen-bond acceptors (Lipinski definition) is 4. The maximum atomic E-state index is 4.36. The standard InChI is InChI=1S/C11H21N5/c1-3-9(12-2)6-14-11-4-5-15-16(11)10-7-13-8-10/h4-5,9-10,12-14H,3,6-8H2,1-2H3. The Balaban J connectivity index is 1.90. The molecule has 1 fully saturated rings. The molecule has 0 saturated carbocycles. The van der Waals surface area contributed by atoms with Gasteiger partial charge in [0.05, 0.1) is 12.2 Å². The van der Waals surface area contributed by atoms with Crippen molar-refractivity contribution in [2.75, 3.05) is 32.0 Å². The lowest BCUT2D eigenvalue weighted by atomic mass is 10.2. The average molecular weight is 223 g/mol. The number of likely N-dealkylation sites (N-methyl/N-ethyl adjacent to an activating group) is 1. The van der Waals surface area contributed by atoms with Gasteiger partial charge in [-0.3, -0.25) is 0 Å². The molecule has 1 aliphatic rings. The van der Waals surface area contributed by atoms with Gasteiger partial charge in [0.25, 0.3) is 0 Å². The van der Waals surface area contributed by atoms with Gasteiger partial charge in [-0.2, -0.15) is 5.10 Å². The highest BCUT2D eigenvalue weighted by Crippen LogP contribution is 2.17. The molecule has 2 rings (SSSR count). The van der Waals surface area contributed by atoms with E-state index >= 15 is 0 Å². The Labute approximate surface area is 96.6 Å². The van der Waals surface area contributed by atoms with Crippen LogP contribution < -0.4 is 16.0 Å². The molecule has 16 heavy (non-hydrogen) atoms. The Morgan fingerprint density at radius 1 is 1.62 bits per heavy atom. The van der Waals surface area contributed by atoms with Crippen LogP contribution in [0.4, 0.5) is 5.82 Å². The molecule has 3 N–H and O–H groups in total. The predicted octanol–water partition coefficient (Wildman–Crippen LogP) is 0.437. The van der Waals surface area contributed by atoms with Gasteiger partial charge in [-0.1, -0.05) is 6.92 Å². The Kier molecular flexibility index (Phi) is 3.79. The van der Waals surface area contributed by atoms with Gasteiger partial charge in [0.15, 0.2) is 0 Å². The highest BCUT2D eigenvalue weighted by Gasteiger charge is 2.21. The second-order valence-corrected chi connectivity index (χ2v) is 4.25. The largest absolute Gasteiger partial charge is 0.369 e. The summed E-state index contributed by atoms with van der Waals surface area (Å²) in [6, 6.07) is 3.08. The molecule has 5 nitrogen and oxygen atoms in total. The average Bonchev–Trinajstić information content (AvgIpc) is 2.65. The van der Waals surface area contributed by atoms with Gasteiger partial charge in [-0.25, -0.2) is 4.68 Å². The fraction of sp³-hybridized carbons (Fsp3) is 0.727. The summed E-state index contributed by atoms with van der Waals surface area (Å²) >= 11 is 0. The normalized spacial score (nSPS) is 18.1. The lowest BCUT2D eigenvalue weighted by Gasteiger charge is -2.29. The monoisotopic (exact) mass is 223 g/mol. The zero-order valence-corrected chi connectivity index (χ0v) is 10.0. The number of nitrogens with one attached hydrogen (secondary N) is 3. The van der Waals surface area contributed by atoms with Gasteiger partial charge < -0.3 is 16.0 Å². The fourth-order valence-corrected chi connectivity index (χ4v) is 1.87. The van der Waals surface area contributed by atoms with Crippen molar-refractivity contribution in [1.82, 2.24) is 20.4 Å². The Morgan fingerprint density at radius 2 is 2.44 bits per heavy atom. The molecule has 0 aromatic carbocycles. The number of aromatic nitrogens is 2. The first-order chi connectivity index (χ1) is 7.85. The molecular formula is C11H21N5. The van der Waals surface area contributed by atoms with Gasteiger partial charge in [-0.05, 0) is 13.5 Å². The molecule has 1 saturated heterocycles. The van der Waals surface area contributed by atoms with E-state index in [0.29, 0.717) is 12.1 Å². The Bertz CT molecular complexity index is 314. The van der Waals surface area contributed by atoms with Crippen molar-refractivity contribution >= 4 is 5.82 Å². The summed E-state index contributed by atoms with van der Waals surface area (Å²) in [5, 5.41) is 14.4. The number of hydrogen-bond donors (Lipinski definition) is 3. The van der Waals surface area contributed by atoms with Crippen LogP contribution >= 0.6 is 0 Å². The van der Waals surface area contributed by atoms with Crippen molar-refractivity contribution in [3.63, 3.8) is 0 Å². The smallest absolute Gasteiger partial charge is 0.124 e. The van der Waals surface area contributed by atoms with E-state index in [4.69, 9.17) is 0 Å². The van der Waals surface area contributed by atoms with E-state index in [1.165, 1.54) is 0 Å². The highest BCUT2D eigenvalue weighted by atomic mass is 15.4. The molecule has 90 valence electrons. The highest BCUT2D eigenvalue weighted by molar-refractivity contribution is 5.35. The third kappa shape index (κ3) is 2.36. The van der Waals surface area contributed by atoms with E-state index in [1.54, 1.807) is 0 Å². The first-order valence-corrected chi connectivity index (χ1v) is 6.00. The SMILES string of the molecule is CCC(CNc1ccnn1C1CNC1)NC. The summed E-state index contributed by atoms with van der Waals surface area (Å²) in [5.74, 6) is 1.13. The van der Waals surface area contributed by atoms with Crippen LogP contribution in [-0.2, 0) is 0 Å². The van der Waals surface area contributed by atoms with E-state index in [9.17, 15) is 0 Å². The minimum atomic E-state index is 0.517. The third-order valence-electron chi connectivity index (χ3n) is 3.21. The van der Waals surface area contributed by atoms with Crippen LogP contribution in [0, 0.1) is 0 Å². The lowest BCUT2D eigenvalue weighted by Crippen LogP contribution is -2.44. The number of nitrogens with zero attached hydrogens (tertiary/aromatic N) is 2. The van der Waals surface area contributed by atoms with Gasteiger partial charge in [-0.15, -0.1) is 0 Å². The third-order valence-corrected chi connectivity index (χ3v) is 3.21. The predicted molar refractivity (Wildman–Crippen MR) is 65.8 cm³/mol. The van der Waals surface area contributed by atoms with Crippen LogP contribution in [0.3, 0.4) is 0 Å². The zero-order valence-electron chi connectivity index (χ0n) is 10.0. The van der Waals surface area contributed by atoms with Crippen molar-refractivity contribution in [2.24, 2.45) is 0 Å². The van der Waals surface area contributed by atoms with E-state index in [-0.39, 0.29) is 0 Å². The molecule has 0 aliphatic carbocycles. The molecule has 1 unspecified atom stereocenters. The molecule has 2 heterocycles. The van der Waals surface area contributed by atoms with Crippen molar-refractivity contribution in [1.29, 1.82) is 0 Å². The van der Waals surface area contributed by atoms with Crippen molar-refractivity contribution in [3.05, 3.63) is 12.3 Å². The summed E-state index contributed by atoms with van der Waals surface area (Å²) in [6.45, 7) is 5.19. The lowest BCUT2D eigenvalue weighted by molar-refractivity contribution is 0.321. The summed E-state index contributed by atoms with van der Waals surface area (Å²) in [4.78, 5) is 0. The first kappa shape index (κ1) is 11.4. The fourth-order valence-electron chi connectivity index (χ4n) is 1.87. The van der Waals surface area contributed by atoms with Crippen molar-refractivity contribution in [2.45, 2.75) is 25.4 Å². The molecule has 1 aromatic rings. The molecule has 0 radical (unpaired) electrons. The van der Waals surface area contributed by atoms with Crippen LogP contribution in [0.25, 0.3) is 0 Å². The zero-order chi connectivity index (χ0) is 11.4. The van der Waals surface area contributed by atoms with Gasteiger partial charge >= 0.3 is 0 Å².